The molecule has 1 heterocycles. The van der Waals surface area contributed by atoms with Crippen molar-refractivity contribution in [2.45, 2.75) is 47.1 Å². The van der Waals surface area contributed by atoms with Crippen LogP contribution in [-0.2, 0) is 6.61 Å². The topological polar surface area (TPSA) is 74.9 Å². The molecule has 4 aromatic carbocycles. The average molecular weight is 673 g/mol. The predicted molar refractivity (Wildman–Crippen MR) is 180 cm³/mol. The first-order chi connectivity index (χ1) is 21.7. The summed E-state index contributed by atoms with van der Waals surface area (Å²) in [5.74, 6) is 2.07. The van der Waals surface area contributed by atoms with Crippen LogP contribution in [0.25, 0.3) is 22.3 Å². The molecule has 0 saturated carbocycles. The van der Waals surface area contributed by atoms with Crippen molar-refractivity contribution in [3.63, 3.8) is 0 Å². The standard InChI is InChI=1S/C36H35BrFN3O4/c1-6-43-32-15-23(5)29(19-28(32)22(3)4)35-40-31-14-9-8-13-27(31)36(42)41(35)39-20-25-17-30(37)34(33(18-25)44-7-2)45-21-24-11-10-12-26(38)16-24/h8-20,22H,6-7,21H2,1-5H3. The third kappa shape index (κ3) is 7.09. The highest BCUT2D eigenvalue weighted by atomic mass is 79.9. The Balaban J connectivity index is 1.60. The molecule has 0 amide bonds. The summed E-state index contributed by atoms with van der Waals surface area (Å²) in [6, 6.07) is 21.2. The number of aromatic nitrogens is 2. The van der Waals surface area contributed by atoms with Crippen molar-refractivity contribution in [2.75, 3.05) is 13.2 Å². The maximum atomic E-state index is 13.9. The second-order valence-electron chi connectivity index (χ2n) is 10.8. The maximum absolute atomic E-state index is 13.9. The lowest BCUT2D eigenvalue weighted by atomic mass is 9.96. The number of ether oxygens (including phenoxy) is 3. The highest BCUT2D eigenvalue weighted by Crippen LogP contribution is 2.38. The normalized spacial score (nSPS) is 11.5. The summed E-state index contributed by atoms with van der Waals surface area (Å²) in [7, 11) is 0. The van der Waals surface area contributed by atoms with Crippen LogP contribution in [0.15, 0.2) is 87.2 Å². The molecule has 0 aliphatic rings. The molecule has 232 valence electrons. The van der Waals surface area contributed by atoms with E-state index in [9.17, 15) is 9.18 Å². The molecule has 5 aromatic rings. The molecular weight excluding hydrogens is 637 g/mol. The Morgan fingerprint density at radius 2 is 1.71 bits per heavy atom. The van der Waals surface area contributed by atoms with E-state index in [0.717, 1.165) is 22.4 Å². The van der Waals surface area contributed by atoms with Gasteiger partial charge in [0, 0.05) is 5.56 Å². The molecule has 0 N–H and O–H groups in total. The Hall–Kier alpha value is -4.50. The van der Waals surface area contributed by atoms with Gasteiger partial charge in [-0.2, -0.15) is 9.78 Å². The zero-order chi connectivity index (χ0) is 32.1. The molecule has 0 atom stereocenters. The Morgan fingerprint density at radius 1 is 0.956 bits per heavy atom. The lowest BCUT2D eigenvalue weighted by Crippen LogP contribution is -2.21. The molecule has 0 unspecified atom stereocenters. The Labute approximate surface area is 270 Å². The molecule has 7 nitrogen and oxygen atoms in total. The van der Waals surface area contributed by atoms with Crippen molar-refractivity contribution in [3.8, 4) is 28.6 Å². The molecule has 0 aliphatic carbocycles. The number of halogens is 2. The first-order valence-corrected chi connectivity index (χ1v) is 15.7. The average Bonchev–Trinajstić information content (AvgIpc) is 3.00. The summed E-state index contributed by atoms with van der Waals surface area (Å²) in [5.41, 5.74) is 4.38. The summed E-state index contributed by atoms with van der Waals surface area (Å²) < 4.78 is 33.5. The third-order valence-electron chi connectivity index (χ3n) is 7.20. The molecule has 5 rings (SSSR count). The van der Waals surface area contributed by atoms with Crippen LogP contribution in [0.4, 0.5) is 4.39 Å². The fraction of sp³-hybridized carbons (Fsp3) is 0.250. The smallest absolute Gasteiger partial charge is 0.282 e. The Bertz CT molecular complexity index is 1940. The molecule has 0 fully saturated rings. The van der Waals surface area contributed by atoms with Gasteiger partial charge in [0.25, 0.3) is 5.56 Å². The van der Waals surface area contributed by atoms with Gasteiger partial charge in [-0.3, -0.25) is 4.79 Å². The number of hydrogen-bond donors (Lipinski definition) is 0. The van der Waals surface area contributed by atoms with E-state index < -0.39 is 0 Å². The lowest BCUT2D eigenvalue weighted by molar-refractivity contribution is 0.267. The number of benzene rings is 4. The van der Waals surface area contributed by atoms with Crippen LogP contribution in [0.5, 0.6) is 17.2 Å². The van der Waals surface area contributed by atoms with Crippen molar-refractivity contribution < 1.29 is 18.6 Å². The molecule has 0 saturated heterocycles. The first-order valence-electron chi connectivity index (χ1n) is 14.9. The van der Waals surface area contributed by atoms with Gasteiger partial charge in [-0.25, -0.2) is 9.37 Å². The summed E-state index contributed by atoms with van der Waals surface area (Å²) in [4.78, 5) is 18.8. The van der Waals surface area contributed by atoms with Crippen LogP contribution < -0.4 is 19.8 Å². The van der Waals surface area contributed by atoms with Gasteiger partial charge in [0.2, 0.25) is 0 Å². The van der Waals surface area contributed by atoms with Gasteiger partial charge >= 0.3 is 0 Å². The van der Waals surface area contributed by atoms with Crippen molar-refractivity contribution >= 4 is 33.0 Å². The Kier molecular flexibility index (Phi) is 9.98. The van der Waals surface area contributed by atoms with Crippen LogP contribution in [0.3, 0.4) is 0 Å². The number of para-hydroxylation sites is 1. The van der Waals surface area contributed by atoms with E-state index in [1.807, 2.05) is 57.2 Å². The van der Waals surface area contributed by atoms with E-state index in [0.29, 0.717) is 57.0 Å². The van der Waals surface area contributed by atoms with Crippen molar-refractivity contribution in [1.29, 1.82) is 0 Å². The van der Waals surface area contributed by atoms with Crippen molar-refractivity contribution in [2.24, 2.45) is 5.10 Å². The van der Waals surface area contributed by atoms with Gasteiger partial charge < -0.3 is 14.2 Å². The van der Waals surface area contributed by atoms with Crippen LogP contribution in [0.2, 0.25) is 0 Å². The van der Waals surface area contributed by atoms with Crippen LogP contribution in [-0.4, -0.2) is 29.1 Å². The maximum Gasteiger partial charge on any atom is 0.282 e. The van der Waals surface area contributed by atoms with E-state index in [2.05, 4.69) is 34.9 Å². The predicted octanol–water partition coefficient (Wildman–Crippen LogP) is 8.66. The molecule has 9 heteroatoms. The summed E-state index contributed by atoms with van der Waals surface area (Å²) in [6.07, 6.45) is 1.60. The molecule has 0 radical (unpaired) electrons. The first kappa shape index (κ1) is 31.9. The molecule has 45 heavy (non-hydrogen) atoms. The molecule has 1 aromatic heterocycles. The van der Waals surface area contributed by atoms with Crippen LogP contribution >= 0.6 is 15.9 Å². The van der Waals surface area contributed by atoms with Gasteiger partial charge in [-0.1, -0.05) is 38.1 Å². The number of aryl methyl sites for hydroxylation is 1. The van der Waals surface area contributed by atoms with Gasteiger partial charge in [-0.05, 0) is 113 Å². The largest absolute Gasteiger partial charge is 0.494 e. The van der Waals surface area contributed by atoms with Crippen LogP contribution in [0, 0.1) is 12.7 Å². The fourth-order valence-corrected chi connectivity index (χ4v) is 5.62. The SMILES string of the molecule is CCOc1cc(C)c(-c2nc3ccccc3c(=O)n2N=Cc2cc(Br)c(OCc3cccc(F)c3)c(OCC)c2)cc1C(C)C. The van der Waals surface area contributed by atoms with Crippen molar-refractivity contribution in [1.82, 2.24) is 9.66 Å². The molecule has 0 bridgehead atoms. The minimum atomic E-state index is -0.328. The second-order valence-corrected chi connectivity index (χ2v) is 11.6. The summed E-state index contributed by atoms with van der Waals surface area (Å²) in [6.45, 7) is 11.1. The van der Waals surface area contributed by atoms with Crippen LogP contribution in [0.1, 0.15) is 55.9 Å². The zero-order valence-corrected chi connectivity index (χ0v) is 27.5. The zero-order valence-electron chi connectivity index (χ0n) is 25.9. The minimum absolute atomic E-state index is 0.158. The molecule has 0 aliphatic heterocycles. The quantitative estimate of drug-likeness (QED) is 0.131. The third-order valence-corrected chi connectivity index (χ3v) is 7.79. The van der Waals surface area contributed by atoms with Gasteiger partial charge in [0.1, 0.15) is 18.2 Å². The summed E-state index contributed by atoms with van der Waals surface area (Å²) in [5, 5.41) is 5.14. The van der Waals surface area contributed by atoms with E-state index in [-0.39, 0.29) is 23.9 Å². The van der Waals surface area contributed by atoms with Gasteiger partial charge in [-0.15, -0.1) is 0 Å². The number of hydrogen-bond acceptors (Lipinski definition) is 6. The molecule has 0 spiro atoms. The highest BCUT2D eigenvalue weighted by molar-refractivity contribution is 9.10. The fourth-order valence-electron chi connectivity index (χ4n) is 5.05. The summed E-state index contributed by atoms with van der Waals surface area (Å²) >= 11 is 3.60. The monoisotopic (exact) mass is 671 g/mol. The van der Waals surface area contributed by atoms with Gasteiger partial charge in [0.15, 0.2) is 17.3 Å². The van der Waals surface area contributed by atoms with Gasteiger partial charge in [0.05, 0.1) is 34.8 Å². The van der Waals surface area contributed by atoms with E-state index in [4.69, 9.17) is 19.2 Å². The highest BCUT2D eigenvalue weighted by Gasteiger charge is 2.19. The molecular formula is C36H35BrFN3O4. The second kappa shape index (κ2) is 14.1. The van der Waals surface area contributed by atoms with E-state index in [1.165, 1.54) is 16.8 Å². The van der Waals surface area contributed by atoms with E-state index in [1.54, 1.807) is 30.5 Å². The number of rotatable bonds is 11. The number of fused-ring (bicyclic) bond motifs is 1. The minimum Gasteiger partial charge on any atom is -0.494 e. The lowest BCUT2D eigenvalue weighted by Gasteiger charge is -2.18. The number of nitrogens with zero attached hydrogens (tertiary/aromatic N) is 3. The van der Waals surface area contributed by atoms with Crippen molar-refractivity contribution in [3.05, 3.63) is 116 Å². The Morgan fingerprint density at radius 3 is 2.44 bits per heavy atom. The van der Waals surface area contributed by atoms with E-state index >= 15 is 0 Å².